The van der Waals surface area contributed by atoms with Crippen molar-refractivity contribution in [1.29, 1.82) is 0 Å². The number of carbonyl (C=O) groups excluding carboxylic acids is 2. The molecule has 0 bridgehead atoms. The number of hydrogen-bond donors (Lipinski definition) is 1. The predicted octanol–water partition coefficient (Wildman–Crippen LogP) is 3.84. The molecule has 0 aliphatic carbocycles. The van der Waals surface area contributed by atoms with Crippen molar-refractivity contribution in [3.63, 3.8) is 0 Å². The highest BCUT2D eigenvalue weighted by Crippen LogP contribution is 2.22. The average molecular weight is 352 g/mol. The number of nitrogens with zero attached hydrogens (tertiary/aromatic N) is 1. The summed E-state index contributed by atoms with van der Waals surface area (Å²) in [6, 6.07) is 11.9. The summed E-state index contributed by atoms with van der Waals surface area (Å²) < 4.78 is 4.87. The summed E-state index contributed by atoms with van der Waals surface area (Å²) in [5.41, 5.74) is 1.78. The van der Waals surface area contributed by atoms with Gasteiger partial charge in [-0.15, -0.1) is 0 Å². The zero-order valence-corrected chi connectivity index (χ0v) is 15.0. The third kappa shape index (κ3) is 4.23. The molecular formula is C21H24N2O3. The minimum absolute atomic E-state index is 0.133. The fourth-order valence-electron chi connectivity index (χ4n) is 3.01. The Bertz CT molecular complexity index is 829. The van der Waals surface area contributed by atoms with Crippen LogP contribution >= 0.6 is 0 Å². The van der Waals surface area contributed by atoms with Gasteiger partial charge in [0.1, 0.15) is 6.61 Å². The maximum atomic E-state index is 12.4. The van der Waals surface area contributed by atoms with Crippen molar-refractivity contribution in [2.24, 2.45) is 0 Å². The Balaban J connectivity index is 1.66. The molecule has 0 unspecified atom stereocenters. The van der Waals surface area contributed by atoms with Gasteiger partial charge in [0.15, 0.2) is 0 Å². The number of fused-ring (bicyclic) bond motifs is 1. The lowest BCUT2D eigenvalue weighted by molar-refractivity contribution is 0.0949. The summed E-state index contributed by atoms with van der Waals surface area (Å²) in [5.74, 6) is -0.133. The van der Waals surface area contributed by atoms with E-state index in [9.17, 15) is 9.59 Å². The third-order valence-electron chi connectivity index (χ3n) is 4.44. The molecule has 1 saturated heterocycles. The predicted molar refractivity (Wildman–Crippen MR) is 103 cm³/mol. The van der Waals surface area contributed by atoms with Crippen molar-refractivity contribution >= 4 is 28.8 Å². The fraction of sp³-hybridized carbons (Fsp3) is 0.333. The van der Waals surface area contributed by atoms with Crippen LogP contribution in [0.4, 0.5) is 4.79 Å². The van der Waals surface area contributed by atoms with Gasteiger partial charge in [0.05, 0.1) is 6.54 Å². The van der Waals surface area contributed by atoms with E-state index >= 15 is 0 Å². The molecule has 2 amide bonds. The Hall–Kier alpha value is -2.82. The smallest absolute Gasteiger partial charge is 0.409 e. The maximum Gasteiger partial charge on any atom is 0.409 e. The molecule has 5 nitrogen and oxygen atoms in total. The van der Waals surface area contributed by atoms with E-state index in [4.69, 9.17) is 4.74 Å². The molecule has 1 aliphatic heterocycles. The van der Waals surface area contributed by atoms with Crippen LogP contribution in [0.15, 0.2) is 42.5 Å². The van der Waals surface area contributed by atoms with Gasteiger partial charge in [0.25, 0.3) is 5.91 Å². The van der Waals surface area contributed by atoms with E-state index in [2.05, 4.69) is 30.5 Å². The van der Waals surface area contributed by atoms with Crippen LogP contribution in [0.2, 0.25) is 0 Å². The molecule has 2 aromatic carbocycles. The van der Waals surface area contributed by atoms with Crippen molar-refractivity contribution in [3.8, 4) is 0 Å². The molecule has 1 heterocycles. The molecule has 1 aliphatic rings. The molecule has 3 rings (SSSR count). The first-order valence-electron chi connectivity index (χ1n) is 9.08. The molecule has 0 aromatic heterocycles. The van der Waals surface area contributed by atoms with Gasteiger partial charge >= 0.3 is 6.09 Å². The summed E-state index contributed by atoms with van der Waals surface area (Å²) in [6.07, 6.45) is 6.19. The summed E-state index contributed by atoms with van der Waals surface area (Å²) in [5, 5.41) is 5.04. The fourth-order valence-corrected chi connectivity index (χ4v) is 3.01. The second kappa shape index (κ2) is 8.52. The number of rotatable bonds is 7. The van der Waals surface area contributed by atoms with E-state index in [1.165, 1.54) is 0 Å². The number of nitrogens with one attached hydrogen (secondary N) is 1. The number of ether oxygens (including phenoxy) is 1. The molecule has 26 heavy (non-hydrogen) atoms. The van der Waals surface area contributed by atoms with Crippen LogP contribution in [-0.4, -0.2) is 43.1 Å². The number of amides is 2. The van der Waals surface area contributed by atoms with Gasteiger partial charge in [0, 0.05) is 18.7 Å². The van der Waals surface area contributed by atoms with Crippen molar-refractivity contribution in [1.82, 2.24) is 10.2 Å². The van der Waals surface area contributed by atoms with E-state index in [0.29, 0.717) is 31.8 Å². The van der Waals surface area contributed by atoms with Crippen LogP contribution in [0.3, 0.4) is 0 Å². The minimum atomic E-state index is -0.311. The largest absolute Gasteiger partial charge is 0.448 e. The first kappa shape index (κ1) is 18.0. The monoisotopic (exact) mass is 352 g/mol. The van der Waals surface area contributed by atoms with Crippen LogP contribution in [-0.2, 0) is 4.74 Å². The lowest BCUT2D eigenvalue weighted by atomic mass is 10.0. The summed E-state index contributed by atoms with van der Waals surface area (Å²) in [6.45, 7) is 4.03. The van der Waals surface area contributed by atoms with Crippen LogP contribution in [0.5, 0.6) is 0 Å². The van der Waals surface area contributed by atoms with Crippen molar-refractivity contribution in [3.05, 3.63) is 53.6 Å². The molecule has 136 valence electrons. The zero-order chi connectivity index (χ0) is 18.4. The molecule has 0 atom stereocenters. The molecule has 2 aromatic rings. The van der Waals surface area contributed by atoms with Gasteiger partial charge in [-0.1, -0.05) is 49.8 Å². The van der Waals surface area contributed by atoms with E-state index in [1.807, 2.05) is 30.3 Å². The number of carbonyl (C=O) groups is 2. The standard InChI is InChI=1S/C21H24N2O3/c1-2-3-4-6-16-7-5-8-17-15-18(9-10-19(16)17)20(24)22-11-12-23-13-14-26-21(23)25/h4-10,15H,2-3,11-14H2,1H3,(H,22,24)/b6-4+. The molecule has 0 radical (unpaired) electrons. The second-order valence-corrected chi connectivity index (χ2v) is 6.33. The van der Waals surface area contributed by atoms with E-state index in [0.717, 1.165) is 29.2 Å². The second-order valence-electron chi connectivity index (χ2n) is 6.33. The molecule has 1 N–H and O–H groups in total. The molecule has 1 fully saturated rings. The van der Waals surface area contributed by atoms with Gasteiger partial charge in [0.2, 0.25) is 0 Å². The van der Waals surface area contributed by atoms with Gasteiger partial charge in [-0.3, -0.25) is 4.79 Å². The van der Waals surface area contributed by atoms with Crippen LogP contribution in [0.1, 0.15) is 35.7 Å². The van der Waals surface area contributed by atoms with Crippen LogP contribution < -0.4 is 5.32 Å². The Morgan fingerprint density at radius 1 is 1.31 bits per heavy atom. The molecule has 0 spiro atoms. The highest BCUT2D eigenvalue weighted by Gasteiger charge is 2.21. The van der Waals surface area contributed by atoms with Crippen molar-refractivity contribution < 1.29 is 14.3 Å². The first-order valence-corrected chi connectivity index (χ1v) is 9.08. The van der Waals surface area contributed by atoms with Gasteiger partial charge in [-0.2, -0.15) is 0 Å². The summed E-state index contributed by atoms with van der Waals surface area (Å²) in [7, 11) is 0. The van der Waals surface area contributed by atoms with Gasteiger partial charge in [-0.25, -0.2) is 4.79 Å². The minimum Gasteiger partial charge on any atom is -0.448 e. The number of hydrogen-bond acceptors (Lipinski definition) is 3. The number of unbranched alkanes of at least 4 members (excludes halogenated alkanes) is 1. The number of cyclic esters (lactones) is 1. The highest BCUT2D eigenvalue weighted by atomic mass is 16.6. The van der Waals surface area contributed by atoms with Crippen molar-refractivity contribution in [2.75, 3.05) is 26.2 Å². The van der Waals surface area contributed by atoms with Gasteiger partial charge in [-0.05, 0) is 34.9 Å². The van der Waals surface area contributed by atoms with E-state index < -0.39 is 0 Å². The third-order valence-corrected chi connectivity index (χ3v) is 4.44. The Kier molecular flexibility index (Phi) is 5.89. The lowest BCUT2D eigenvalue weighted by Gasteiger charge is -2.13. The molecule has 0 saturated carbocycles. The van der Waals surface area contributed by atoms with Crippen LogP contribution in [0.25, 0.3) is 16.8 Å². The van der Waals surface area contributed by atoms with Crippen LogP contribution in [0, 0.1) is 0 Å². The summed E-state index contributed by atoms with van der Waals surface area (Å²) >= 11 is 0. The highest BCUT2D eigenvalue weighted by molar-refractivity contribution is 6.00. The maximum absolute atomic E-state index is 12.4. The Labute approximate surface area is 153 Å². The molecule has 5 heteroatoms. The Morgan fingerprint density at radius 3 is 2.96 bits per heavy atom. The number of benzene rings is 2. The lowest BCUT2D eigenvalue weighted by Crippen LogP contribution is -2.35. The first-order chi connectivity index (χ1) is 12.7. The van der Waals surface area contributed by atoms with E-state index in [1.54, 1.807) is 4.90 Å². The SMILES string of the molecule is CCC/C=C/c1cccc2cc(C(=O)NCCN3CCOC3=O)ccc12. The summed E-state index contributed by atoms with van der Waals surface area (Å²) in [4.78, 5) is 25.4. The normalized spacial score (nSPS) is 14.2. The quantitative estimate of drug-likeness (QED) is 0.824. The average Bonchev–Trinajstić information content (AvgIpc) is 3.06. The Morgan fingerprint density at radius 2 is 2.19 bits per heavy atom. The van der Waals surface area contributed by atoms with Gasteiger partial charge < -0.3 is 15.0 Å². The van der Waals surface area contributed by atoms with Crippen molar-refractivity contribution in [2.45, 2.75) is 19.8 Å². The molecular weight excluding hydrogens is 328 g/mol. The van der Waals surface area contributed by atoms with E-state index in [-0.39, 0.29) is 12.0 Å². The zero-order valence-electron chi connectivity index (χ0n) is 15.0. The topological polar surface area (TPSA) is 58.6 Å². The number of allylic oxidation sites excluding steroid dienone is 1.